The zero-order valence-electron chi connectivity index (χ0n) is 12.9. The number of likely N-dealkylation sites (N-methyl/N-ethyl adjacent to an activating group) is 1. The molecule has 0 bridgehead atoms. The minimum absolute atomic E-state index is 0.00287. The van der Waals surface area contributed by atoms with E-state index in [2.05, 4.69) is 4.90 Å². The Balaban J connectivity index is 3.34. The molecule has 0 saturated heterocycles. The number of benzene rings is 1. The van der Waals surface area contributed by atoms with Crippen LogP contribution in [0, 0.1) is 11.6 Å². The van der Waals surface area contributed by atoms with Gasteiger partial charge in [0.05, 0.1) is 6.04 Å². The molecule has 1 aromatic rings. The van der Waals surface area contributed by atoms with Crippen LogP contribution in [0.2, 0.25) is 0 Å². The molecular weight excluding hydrogens is 258 g/mol. The largest absolute Gasteiger partial charge is 0.322 e. The molecular formula is C16H26F2N2. The standard InChI is InChI=1S/C16H26F2N2/c1-5-16(6-2,20(7-3)8-4)15(19)14-12(17)10-9-11-13(14)18/h9-11,15H,5-8,19H2,1-4H3. The summed E-state index contributed by atoms with van der Waals surface area (Å²) in [6.07, 6.45) is 1.50. The highest BCUT2D eigenvalue weighted by atomic mass is 19.1. The topological polar surface area (TPSA) is 29.3 Å². The number of hydrogen-bond donors (Lipinski definition) is 1. The minimum atomic E-state index is -0.682. The first-order valence-corrected chi connectivity index (χ1v) is 7.42. The van der Waals surface area contributed by atoms with Gasteiger partial charge in [-0.2, -0.15) is 0 Å². The van der Waals surface area contributed by atoms with Crippen LogP contribution in [-0.4, -0.2) is 23.5 Å². The van der Waals surface area contributed by atoms with Crippen LogP contribution in [0.1, 0.15) is 52.1 Å². The van der Waals surface area contributed by atoms with Gasteiger partial charge in [0.2, 0.25) is 0 Å². The molecule has 0 heterocycles. The predicted molar refractivity (Wildman–Crippen MR) is 79.5 cm³/mol. The molecule has 0 aliphatic carbocycles. The molecule has 1 rings (SSSR count). The molecule has 0 spiro atoms. The monoisotopic (exact) mass is 284 g/mol. The number of halogens is 2. The Morgan fingerprint density at radius 2 is 1.50 bits per heavy atom. The van der Waals surface area contributed by atoms with E-state index < -0.39 is 23.2 Å². The van der Waals surface area contributed by atoms with E-state index in [1.807, 2.05) is 27.7 Å². The summed E-state index contributed by atoms with van der Waals surface area (Å²) >= 11 is 0. The zero-order valence-corrected chi connectivity index (χ0v) is 12.9. The molecule has 0 saturated carbocycles. The molecule has 2 nitrogen and oxygen atoms in total. The fourth-order valence-corrected chi connectivity index (χ4v) is 3.26. The Bertz CT molecular complexity index is 406. The van der Waals surface area contributed by atoms with Gasteiger partial charge in [0.25, 0.3) is 0 Å². The number of hydrogen-bond acceptors (Lipinski definition) is 2. The second kappa shape index (κ2) is 7.14. The Morgan fingerprint density at radius 1 is 1.05 bits per heavy atom. The second-order valence-corrected chi connectivity index (χ2v) is 5.10. The summed E-state index contributed by atoms with van der Waals surface area (Å²) in [6, 6.07) is 3.24. The van der Waals surface area contributed by atoms with Gasteiger partial charge in [0.1, 0.15) is 11.6 Å². The van der Waals surface area contributed by atoms with Crippen LogP contribution in [0.4, 0.5) is 8.78 Å². The van der Waals surface area contributed by atoms with Gasteiger partial charge in [-0.1, -0.05) is 33.8 Å². The first kappa shape index (κ1) is 17.1. The average molecular weight is 284 g/mol. The fourth-order valence-electron chi connectivity index (χ4n) is 3.26. The lowest BCUT2D eigenvalue weighted by atomic mass is 9.79. The molecule has 0 fully saturated rings. The molecule has 0 aromatic heterocycles. The van der Waals surface area contributed by atoms with Crippen LogP contribution in [0.5, 0.6) is 0 Å². The Labute approximate surface area is 121 Å². The van der Waals surface area contributed by atoms with Gasteiger partial charge in [-0.25, -0.2) is 8.78 Å². The third-order valence-corrected chi connectivity index (χ3v) is 4.51. The third-order valence-electron chi connectivity index (χ3n) is 4.51. The van der Waals surface area contributed by atoms with Crippen LogP contribution in [0.15, 0.2) is 18.2 Å². The third kappa shape index (κ3) is 2.86. The maximum atomic E-state index is 14.0. The van der Waals surface area contributed by atoms with Crippen molar-refractivity contribution in [2.45, 2.75) is 52.1 Å². The first-order chi connectivity index (χ1) is 9.48. The van der Waals surface area contributed by atoms with Gasteiger partial charge in [-0.3, -0.25) is 4.90 Å². The normalized spacial score (nSPS) is 13.8. The maximum Gasteiger partial charge on any atom is 0.130 e. The van der Waals surface area contributed by atoms with Crippen molar-refractivity contribution in [2.75, 3.05) is 13.1 Å². The zero-order chi connectivity index (χ0) is 15.3. The van der Waals surface area contributed by atoms with E-state index in [4.69, 9.17) is 5.73 Å². The van der Waals surface area contributed by atoms with Gasteiger partial charge in [-0.05, 0) is 38.1 Å². The van der Waals surface area contributed by atoms with Crippen molar-refractivity contribution in [3.8, 4) is 0 Å². The van der Waals surface area contributed by atoms with Gasteiger partial charge in [0, 0.05) is 11.1 Å². The van der Waals surface area contributed by atoms with E-state index in [0.29, 0.717) is 0 Å². The van der Waals surface area contributed by atoms with E-state index in [9.17, 15) is 8.78 Å². The molecule has 4 heteroatoms. The lowest BCUT2D eigenvalue weighted by Crippen LogP contribution is -2.55. The lowest BCUT2D eigenvalue weighted by molar-refractivity contribution is 0.0601. The summed E-state index contributed by atoms with van der Waals surface area (Å²) in [5.74, 6) is -1.12. The Kier molecular flexibility index (Phi) is 6.08. The van der Waals surface area contributed by atoms with E-state index in [1.54, 1.807) is 0 Å². The highest BCUT2D eigenvalue weighted by Crippen LogP contribution is 2.37. The van der Waals surface area contributed by atoms with Crippen LogP contribution >= 0.6 is 0 Å². The predicted octanol–water partition coefficient (Wildman–Crippen LogP) is 3.87. The van der Waals surface area contributed by atoms with Gasteiger partial charge in [0.15, 0.2) is 0 Å². The summed E-state index contributed by atoms with van der Waals surface area (Å²) in [7, 11) is 0. The van der Waals surface area contributed by atoms with Gasteiger partial charge < -0.3 is 5.73 Å². The average Bonchev–Trinajstić information content (AvgIpc) is 2.44. The highest BCUT2D eigenvalue weighted by molar-refractivity contribution is 5.26. The Morgan fingerprint density at radius 3 is 1.85 bits per heavy atom. The molecule has 114 valence electrons. The molecule has 2 N–H and O–H groups in total. The van der Waals surface area contributed by atoms with Crippen LogP contribution < -0.4 is 5.73 Å². The smallest absolute Gasteiger partial charge is 0.130 e. The molecule has 1 aromatic carbocycles. The molecule has 20 heavy (non-hydrogen) atoms. The Hall–Kier alpha value is -1.00. The molecule has 0 aliphatic rings. The number of rotatable bonds is 7. The van der Waals surface area contributed by atoms with Gasteiger partial charge >= 0.3 is 0 Å². The minimum Gasteiger partial charge on any atom is -0.322 e. The summed E-state index contributed by atoms with van der Waals surface area (Å²) in [4.78, 5) is 2.21. The van der Waals surface area contributed by atoms with E-state index in [1.165, 1.54) is 18.2 Å². The molecule has 0 amide bonds. The lowest BCUT2D eigenvalue weighted by Gasteiger charge is -2.46. The summed E-state index contributed by atoms with van der Waals surface area (Å²) in [6.45, 7) is 9.77. The van der Waals surface area contributed by atoms with Crippen molar-refractivity contribution < 1.29 is 8.78 Å². The van der Waals surface area contributed by atoms with Crippen molar-refractivity contribution >= 4 is 0 Å². The van der Waals surface area contributed by atoms with Crippen molar-refractivity contribution in [3.05, 3.63) is 35.4 Å². The quantitative estimate of drug-likeness (QED) is 0.823. The van der Waals surface area contributed by atoms with Crippen molar-refractivity contribution in [1.29, 1.82) is 0 Å². The number of nitrogens with two attached hydrogens (primary N) is 1. The summed E-state index contributed by atoms with van der Waals surface area (Å²) < 4.78 is 28.1. The maximum absolute atomic E-state index is 14.0. The summed E-state index contributed by atoms with van der Waals surface area (Å²) in [5.41, 5.74) is 5.91. The fraction of sp³-hybridized carbons (Fsp3) is 0.625. The second-order valence-electron chi connectivity index (χ2n) is 5.10. The van der Waals surface area contributed by atoms with Crippen LogP contribution in [0.25, 0.3) is 0 Å². The van der Waals surface area contributed by atoms with Crippen molar-refractivity contribution in [1.82, 2.24) is 4.90 Å². The van der Waals surface area contributed by atoms with Crippen LogP contribution in [0.3, 0.4) is 0 Å². The highest BCUT2D eigenvalue weighted by Gasteiger charge is 2.40. The van der Waals surface area contributed by atoms with Crippen molar-refractivity contribution in [2.24, 2.45) is 5.73 Å². The first-order valence-electron chi connectivity index (χ1n) is 7.42. The van der Waals surface area contributed by atoms with E-state index in [-0.39, 0.29) is 5.56 Å². The SMILES string of the molecule is CCN(CC)C(CC)(CC)C(N)c1c(F)cccc1F. The molecule has 0 aliphatic heterocycles. The number of nitrogens with zero attached hydrogens (tertiary/aromatic N) is 1. The summed E-state index contributed by atoms with van der Waals surface area (Å²) in [5, 5.41) is 0. The van der Waals surface area contributed by atoms with E-state index in [0.717, 1.165) is 25.9 Å². The van der Waals surface area contributed by atoms with E-state index >= 15 is 0 Å². The van der Waals surface area contributed by atoms with Gasteiger partial charge in [-0.15, -0.1) is 0 Å². The molecule has 0 radical (unpaired) electrons. The van der Waals surface area contributed by atoms with Crippen molar-refractivity contribution in [3.63, 3.8) is 0 Å². The molecule has 1 atom stereocenters. The van der Waals surface area contributed by atoms with Crippen LogP contribution in [-0.2, 0) is 0 Å². The molecule has 1 unspecified atom stereocenters.